The SMILES string of the molecule is O=C(CN1CCCCC1)Nc1ccc(Cl)c(NC(=O)c2ccc(Cl)cc2)c1. The Labute approximate surface area is 168 Å². The van der Waals surface area contributed by atoms with Gasteiger partial charge in [-0.25, -0.2) is 0 Å². The average Bonchev–Trinajstić information content (AvgIpc) is 2.65. The van der Waals surface area contributed by atoms with Gasteiger partial charge >= 0.3 is 0 Å². The standard InChI is InChI=1S/C20H21Cl2N3O2/c21-15-6-4-14(5-7-15)20(27)24-18-12-16(8-9-17(18)22)23-19(26)13-25-10-2-1-3-11-25/h4-9,12H,1-3,10-11,13H2,(H,23,26)(H,24,27). The summed E-state index contributed by atoms with van der Waals surface area (Å²) < 4.78 is 0. The van der Waals surface area contributed by atoms with Crippen LogP contribution in [0.5, 0.6) is 0 Å². The molecule has 27 heavy (non-hydrogen) atoms. The number of nitrogens with one attached hydrogen (secondary N) is 2. The fourth-order valence-electron chi connectivity index (χ4n) is 3.02. The van der Waals surface area contributed by atoms with Crippen LogP contribution in [-0.4, -0.2) is 36.3 Å². The van der Waals surface area contributed by atoms with Gasteiger partial charge in [-0.1, -0.05) is 29.6 Å². The van der Waals surface area contributed by atoms with Crippen LogP contribution in [0.1, 0.15) is 29.6 Å². The van der Waals surface area contributed by atoms with E-state index in [1.165, 1.54) is 6.42 Å². The number of amides is 2. The number of rotatable bonds is 5. The van der Waals surface area contributed by atoms with Crippen molar-refractivity contribution in [2.75, 3.05) is 30.3 Å². The minimum atomic E-state index is -0.301. The van der Waals surface area contributed by atoms with Crippen LogP contribution in [0.15, 0.2) is 42.5 Å². The molecule has 1 aliphatic rings. The van der Waals surface area contributed by atoms with Crippen molar-refractivity contribution in [3.05, 3.63) is 58.1 Å². The molecule has 2 N–H and O–H groups in total. The molecule has 2 aromatic carbocycles. The first kappa shape index (κ1) is 19.7. The summed E-state index contributed by atoms with van der Waals surface area (Å²) >= 11 is 12.0. The second-order valence-corrected chi connectivity index (χ2v) is 7.38. The molecule has 5 nitrogen and oxygen atoms in total. The van der Waals surface area contributed by atoms with Gasteiger partial charge in [0.15, 0.2) is 0 Å². The van der Waals surface area contributed by atoms with Crippen molar-refractivity contribution in [1.29, 1.82) is 0 Å². The van der Waals surface area contributed by atoms with Crippen LogP contribution in [0, 0.1) is 0 Å². The number of halogens is 2. The number of carbonyl (C=O) groups is 2. The number of benzene rings is 2. The largest absolute Gasteiger partial charge is 0.325 e. The van der Waals surface area contributed by atoms with Gasteiger partial charge < -0.3 is 10.6 Å². The quantitative estimate of drug-likeness (QED) is 0.759. The molecule has 2 amide bonds. The van der Waals surface area contributed by atoms with Gasteiger partial charge in [-0.15, -0.1) is 0 Å². The molecule has 0 spiro atoms. The molecule has 0 radical (unpaired) electrons. The maximum Gasteiger partial charge on any atom is 0.255 e. The summed E-state index contributed by atoms with van der Waals surface area (Å²) in [6.45, 7) is 2.28. The molecule has 3 rings (SSSR count). The smallest absolute Gasteiger partial charge is 0.255 e. The lowest BCUT2D eigenvalue weighted by molar-refractivity contribution is -0.117. The number of anilines is 2. The first-order valence-corrected chi connectivity index (χ1v) is 9.65. The van der Waals surface area contributed by atoms with Crippen LogP contribution in [0.2, 0.25) is 10.0 Å². The van der Waals surface area contributed by atoms with Crippen molar-refractivity contribution >= 4 is 46.4 Å². The van der Waals surface area contributed by atoms with E-state index in [9.17, 15) is 9.59 Å². The molecule has 7 heteroatoms. The molecule has 0 aliphatic carbocycles. The Bertz CT molecular complexity index is 818. The Balaban J connectivity index is 1.63. The highest BCUT2D eigenvalue weighted by molar-refractivity contribution is 6.34. The van der Waals surface area contributed by atoms with Crippen molar-refractivity contribution in [3.8, 4) is 0 Å². The molecule has 1 saturated heterocycles. The number of likely N-dealkylation sites (tertiary alicyclic amines) is 1. The monoisotopic (exact) mass is 405 g/mol. The minimum absolute atomic E-state index is 0.0748. The van der Waals surface area contributed by atoms with E-state index >= 15 is 0 Å². The van der Waals surface area contributed by atoms with Gasteiger partial charge in [-0.05, 0) is 68.4 Å². The molecule has 0 unspecified atom stereocenters. The second kappa shape index (κ2) is 9.22. The molecular formula is C20H21Cl2N3O2. The summed E-state index contributed by atoms with van der Waals surface area (Å²) in [5, 5.41) is 6.59. The van der Waals surface area contributed by atoms with E-state index in [4.69, 9.17) is 23.2 Å². The van der Waals surface area contributed by atoms with Crippen LogP contribution in [0.4, 0.5) is 11.4 Å². The van der Waals surface area contributed by atoms with E-state index in [0.717, 1.165) is 25.9 Å². The Morgan fingerprint density at radius 3 is 2.33 bits per heavy atom. The van der Waals surface area contributed by atoms with Crippen LogP contribution < -0.4 is 10.6 Å². The molecule has 1 aliphatic heterocycles. The maximum atomic E-state index is 12.4. The topological polar surface area (TPSA) is 61.4 Å². The van der Waals surface area contributed by atoms with Crippen LogP contribution in [0.25, 0.3) is 0 Å². The van der Waals surface area contributed by atoms with E-state index in [0.29, 0.717) is 33.5 Å². The fraction of sp³-hybridized carbons (Fsp3) is 0.300. The Kier molecular flexibility index (Phi) is 6.72. The third kappa shape index (κ3) is 5.70. The van der Waals surface area contributed by atoms with Crippen molar-refractivity contribution < 1.29 is 9.59 Å². The van der Waals surface area contributed by atoms with Gasteiger partial charge in [-0.3, -0.25) is 14.5 Å². The molecule has 0 saturated carbocycles. The van der Waals surface area contributed by atoms with Gasteiger partial charge in [0.05, 0.1) is 17.3 Å². The van der Waals surface area contributed by atoms with E-state index in [1.807, 2.05) is 0 Å². The number of nitrogens with zero attached hydrogens (tertiary/aromatic N) is 1. The highest BCUT2D eigenvalue weighted by Gasteiger charge is 2.15. The van der Waals surface area contributed by atoms with E-state index < -0.39 is 0 Å². The van der Waals surface area contributed by atoms with Crippen molar-refractivity contribution in [3.63, 3.8) is 0 Å². The van der Waals surface area contributed by atoms with Crippen molar-refractivity contribution in [1.82, 2.24) is 4.90 Å². The lowest BCUT2D eigenvalue weighted by atomic mass is 10.1. The fourth-order valence-corrected chi connectivity index (χ4v) is 3.31. The average molecular weight is 406 g/mol. The van der Waals surface area contributed by atoms with Crippen molar-refractivity contribution in [2.24, 2.45) is 0 Å². The third-order valence-corrected chi connectivity index (χ3v) is 5.00. The zero-order valence-electron chi connectivity index (χ0n) is 14.8. The highest BCUT2D eigenvalue weighted by Crippen LogP contribution is 2.26. The summed E-state index contributed by atoms with van der Waals surface area (Å²) in [5.74, 6) is -0.375. The lowest BCUT2D eigenvalue weighted by Crippen LogP contribution is -2.36. The molecule has 0 aromatic heterocycles. The van der Waals surface area contributed by atoms with Crippen molar-refractivity contribution in [2.45, 2.75) is 19.3 Å². The van der Waals surface area contributed by atoms with Gasteiger partial charge in [0.1, 0.15) is 0 Å². The Morgan fingerprint density at radius 1 is 0.926 bits per heavy atom. The molecule has 1 heterocycles. The normalized spacial score (nSPS) is 14.6. The summed E-state index contributed by atoms with van der Waals surface area (Å²) in [4.78, 5) is 26.8. The molecule has 1 fully saturated rings. The predicted molar refractivity (Wildman–Crippen MR) is 110 cm³/mol. The van der Waals surface area contributed by atoms with Gasteiger partial charge in [0, 0.05) is 16.3 Å². The molecule has 0 atom stereocenters. The highest BCUT2D eigenvalue weighted by atomic mass is 35.5. The van der Waals surface area contributed by atoms with E-state index in [2.05, 4.69) is 15.5 Å². The Morgan fingerprint density at radius 2 is 1.63 bits per heavy atom. The van der Waals surface area contributed by atoms with Gasteiger partial charge in [0.2, 0.25) is 5.91 Å². The lowest BCUT2D eigenvalue weighted by Gasteiger charge is -2.25. The minimum Gasteiger partial charge on any atom is -0.325 e. The third-order valence-electron chi connectivity index (χ3n) is 4.42. The maximum absolute atomic E-state index is 12.4. The summed E-state index contributed by atoms with van der Waals surface area (Å²) in [6.07, 6.45) is 3.50. The zero-order chi connectivity index (χ0) is 19.2. The first-order valence-electron chi connectivity index (χ1n) is 8.90. The molecule has 2 aromatic rings. The second-order valence-electron chi connectivity index (χ2n) is 6.54. The first-order chi connectivity index (χ1) is 13.0. The van der Waals surface area contributed by atoms with E-state index in [1.54, 1.807) is 42.5 Å². The van der Waals surface area contributed by atoms with Crippen LogP contribution in [-0.2, 0) is 4.79 Å². The summed E-state index contributed by atoms with van der Waals surface area (Å²) in [6, 6.07) is 11.6. The Hall–Kier alpha value is -2.08. The van der Waals surface area contributed by atoms with Crippen LogP contribution in [0.3, 0.4) is 0 Å². The zero-order valence-corrected chi connectivity index (χ0v) is 16.3. The van der Waals surface area contributed by atoms with Gasteiger partial charge in [0.25, 0.3) is 5.91 Å². The summed E-state index contributed by atoms with van der Waals surface area (Å²) in [7, 11) is 0. The number of carbonyl (C=O) groups excluding carboxylic acids is 2. The van der Waals surface area contributed by atoms with E-state index in [-0.39, 0.29) is 11.8 Å². The molecule has 142 valence electrons. The number of hydrogen-bond donors (Lipinski definition) is 2. The molecule has 0 bridgehead atoms. The van der Waals surface area contributed by atoms with Gasteiger partial charge in [-0.2, -0.15) is 0 Å². The number of hydrogen-bond acceptors (Lipinski definition) is 3. The van der Waals surface area contributed by atoms with Crippen LogP contribution >= 0.6 is 23.2 Å². The number of piperidine rings is 1. The molecular weight excluding hydrogens is 385 g/mol. The predicted octanol–water partition coefficient (Wildman–Crippen LogP) is 4.67. The summed E-state index contributed by atoms with van der Waals surface area (Å²) in [5.41, 5.74) is 1.50.